The molecule has 0 aliphatic carbocycles. The smallest absolute Gasteiger partial charge is 0.287 e. The molecule has 4 heteroatoms. The molecule has 1 atom stereocenters. The lowest BCUT2D eigenvalue weighted by molar-refractivity contribution is 0.0927. The number of carbonyl (C=O) groups excluding carboxylic acids is 1. The SMILES string of the molecule is CCC(Cl)CCNC(=O)c1cc2ccccc2o1. The van der Waals surface area contributed by atoms with Gasteiger partial charge in [-0.05, 0) is 25.0 Å². The third-order valence-electron chi connectivity index (χ3n) is 2.84. The highest BCUT2D eigenvalue weighted by Gasteiger charge is 2.11. The van der Waals surface area contributed by atoms with Crippen LogP contribution in [-0.4, -0.2) is 17.8 Å². The third kappa shape index (κ3) is 3.05. The van der Waals surface area contributed by atoms with Crippen molar-refractivity contribution >= 4 is 28.5 Å². The van der Waals surface area contributed by atoms with Gasteiger partial charge in [-0.1, -0.05) is 25.1 Å². The molecule has 1 amide bonds. The number of benzene rings is 1. The second kappa shape index (κ2) is 5.91. The second-order valence-electron chi connectivity index (χ2n) is 4.20. The zero-order valence-corrected chi connectivity index (χ0v) is 11.0. The van der Waals surface area contributed by atoms with E-state index >= 15 is 0 Å². The number of para-hydroxylation sites is 1. The monoisotopic (exact) mass is 265 g/mol. The van der Waals surface area contributed by atoms with Crippen LogP contribution in [0.1, 0.15) is 30.3 Å². The Kier molecular flexibility index (Phi) is 4.26. The highest BCUT2D eigenvalue weighted by molar-refractivity contribution is 6.20. The zero-order chi connectivity index (χ0) is 13.0. The molecule has 2 aromatic rings. The third-order valence-corrected chi connectivity index (χ3v) is 3.36. The van der Waals surface area contributed by atoms with Crippen LogP contribution in [0.15, 0.2) is 34.7 Å². The number of rotatable bonds is 5. The van der Waals surface area contributed by atoms with Gasteiger partial charge in [-0.2, -0.15) is 0 Å². The van der Waals surface area contributed by atoms with Crippen molar-refractivity contribution in [1.29, 1.82) is 0 Å². The van der Waals surface area contributed by atoms with Crippen molar-refractivity contribution in [3.63, 3.8) is 0 Å². The van der Waals surface area contributed by atoms with Crippen molar-refractivity contribution in [2.45, 2.75) is 25.1 Å². The van der Waals surface area contributed by atoms with E-state index in [9.17, 15) is 4.79 Å². The fraction of sp³-hybridized carbons (Fsp3) is 0.357. The molecule has 0 fully saturated rings. The number of carbonyl (C=O) groups is 1. The summed E-state index contributed by atoms with van der Waals surface area (Å²) in [5, 5.41) is 3.86. The maximum Gasteiger partial charge on any atom is 0.287 e. The van der Waals surface area contributed by atoms with E-state index in [2.05, 4.69) is 5.32 Å². The van der Waals surface area contributed by atoms with Crippen molar-refractivity contribution in [3.8, 4) is 0 Å². The number of hydrogen-bond acceptors (Lipinski definition) is 2. The predicted molar refractivity (Wildman–Crippen MR) is 73.1 cm³/mol. The molecular formula is C14H16ClNO2. The maximum atomic E-state index is 11.8. The first-order valence-corrected chi connectivity index (χ1v) is 6.55. The number of amides is 1. The molecule has 0 saturated heterocycles. The number of halogens is 1. The van der Waals surface area contributed by atoms with Crippen LogP contribution < -0.4 is 5.32 Å². The normalized spacial score (nSPS) is 12.6. The predicted octanol–water partition coefficient (Wildman–Crippen LogP) is 3.57. The molecule has 1 aromatic carbocycles. The fourth-order valence-corrected chi connectivity index (χ4v) is 1.84. The van der Waals surface area contributed by atoms with E-state index < -0.39 is 0 Å². The highest BCUT2D eigenvalue weighted by atomic mass is 35.5. The van der Waals surface area contributed by atoms with Gasteiger partial charge in [0.25, 0.3) is 5.91 Å². The van der Waals surface area contributed by atoms with Crippen LogP contribution in [0.25, 0.3) is 11.0 Å². The lowest BCUT2D eigenvalue weighted by Gasteiger charge is -2.06. The summed E-state index contributed by atoms with van der Waals surface area (Å²) in [6.07, 6.45) is 1.67. The maximum absolute atomic E-state index is 11.8. The molecule has 0 aliphatic heterocycles. The first-order valence-electron chi connectivity index (χ1n) is 6.11. The van der Waals surface area contributed by atoms with Gasteiger partial charge >= 0.3 is 0 Å². The van der Waals surface area contributed by atoms with Gasteiger partial charge in [-0.25, -0.2) is 0 Å². The van der Waals surface area contributed by atoms with Crippen molar-refractivity contribution in [2.24, 2.45) is 0 Å². The quantitative estimate of drug-likeness (QED) is 0.840. The average molecular weight is 266 g/mol. The fourth-order valence-electron chi connectivity index (χ4n) is 1.73. The molecule has 1 unspecified atom stereocenters. The van der Waals surface area contributed by atoms with Crippen molar-refractivity contribution in [2.75, 3.05) is 6.54 Å². The Bertz CT molecular complexity index is 502. The minimum Gasteiger partial charge on any atom is -0.451 e. The number of fused-ring (bicyclic) bond motifs is 1. The topological polar surface area (TPSA) is 42.2 Å². The largest absolute Gasteiger partial charge is 0.451 e. The summed E-state index contributed by atoms with van der Waals surface area (Å²) in [5.74, 6) is 0.157. The summed E-state index contributed by atoms with van der Waals surface area (Å²) in [6.45, 7) is 2.59. The van der Waals surface area contributed by atoms with Gasteiger partial charge in [0.1, 0.15) is 5.58 Å². The summed E-state index contributed by atoms with van der Waals surface area (Å²) in [4.78, 5) is 11.8. The molecule has 18 heavy (non-hydrogen) atoms. The van der Waals surface area contributed by atoms with E-state index in [0.29, 0.717) is 12.3 Å². The molecule has 1 heterocycles. The number of nitrogens with one attached hydrogen (secondary N) is 1. The minimum absolute atomic E-state index is 0.112. The van der Waals surface area contributed by atoms with Crippen LogP contribution in [0.4, 0.5) is 0 Å². The molecule has 96 valence electrons. The Hall–Kier alpha value is -1.48. The standard InChI is InChI=1S/C14H16ClNO2/c1-2-11(15)7-8-16-14(17)13-9-10-5-3-4-6-12(10)18-13/h3-6,9,11H,2,7-8H2,1H3,(H,16,17). The highest BCUT2D eigenvalue weighted by Crippen LogP contribution is 2.18. The van der Waals surface area contributed by atoms with E-state index in [1.54, 1.807) is 6.07 Å². The van der Waals surface area contributed by atoms with Gasteiger partial charge in [0.15, 0.2) is 5.76 Å². The Morgan fingerprint density at radius 1 is 1.44 bits per heavy atom. The molecule has 2 rings (SSSR count). The number of hydrogen-bond donors (Lipinski definition) is 1. The molecule has 0 radical (unpaired) electrons. The summed E-state index contributed by atoms with van der Waals surface area (Å²) in [6, 6.07) is 9.31. The van der Waals surface area contributed by atoms with Gasteiger partial charge in [-0.15, -0.1) is 11.6 Å². The zero-order valence-electron chi connectivity index (χ0n) is 10.3. The van der Waals surface area contributed by atoms with Crippen LogP contribution >= 0.6 is 11.6 Å². The van der Waals surface area contributed by atoms with Gasteiger partial charge in [-0.3, -0.25) is 4.79 Å². The molecule has 0 bridgehead atoms. The van der Waals surface area contributed by atoms with Crippen molar-refractivity contribution in [1.82, 2.24) is 5.32 Å². The van der Waals surface area contributed by atoms with E-state index in [-0.39, 0.29) is 11.3 Å². The molecule has 0 saturated carbocycles. The summed E-state index contributed by atoms with van der Waals surface area (Å²) >= 11 is 5.98. The Balaban J connectivity index is 1.96. The van der Waals surface area contributed by atoms with Crippen LogP contribution in [0.3, 0.4) is 0 Å². The summed E-state index contributed by atoms with van der Waals surface area (Å²) < 4.78 is 5.47. The van der Waals surface area contributed by atoms with Gasteiger partial charge in [0, 0.05) is 17.3 Å². The van der Waals surface area contributed by atoms with Gasteiger partial charge in [0.05, 0.1) is 0 Å². The Morgan fingerprint density at radius 3 is 2.94 bits per heavy atom. The molecule has 1 aromatic heterocycles. The van der Waals surface area contributed by atoms with Crippen LogP contribution in [0, 0.1) is 0 Å². The van der Waals surface area contributed by atoms with Crippen LogP contribution in [-0.2, 0) is 0 Å². The minimum atomic E-state index is -0.189. The Labute approximate surface area is 111 Å². The van der Waals surface area contributed by atoms with E-state index in [1.807, 2.05) is 31.2 Å². The molecule has 1 N–H and O–H groups in total. The van der Waals surface area contributed by atoms with Gasteiger partial charge < -0.3 is 9.73 Å². The second-order valence-corrected chi connectivity index (χ2v) is 4.82. The van der Waals surface area contributed by atoms with E-state index in [4.69, 9.17) is 16.0 Å². The molecule has 0 spiro atoms. The first-order chi connectivity index (χ1) is 8.70. The number of furan rings is 1. The first kappa shape index (κ1) is 13.0. The van der Waals surface area contributed by atoms with Crippen LogP contribution in [0.2, 0.25) is 0 Å². The summed E-state index contributed by atoms with van der Waals surface area (Å²) in [5.41, 5.74) is 0.728. The average Bonchev–Trinajstić information content (AvgIpc) is 2.82. The number of alkyl halides is 1. The lowest BCUT2D eigenvalue weighted by Crippen LogP contribution is -2.25. The van der Waals surface area contributed by atoms with Crippen LogP contribution in [0.5, 0.6) is 0 Å². The molecular weight excluding hydrogens is 250 g/mol. The summed E-state index contributed by atoms with van der Waals surface area (Å²) in [7, 11) is 0. The van der Waals surface area contributed by atoms with E-state index in [0.717, 1.165) is 23.8 Å². The van der Waals surface area contributed by atoms with Gasteiger partial charge in [0.2, 0.25) is 0 Å². The van der Waals surface area contributed by atoms with Crippen molar-refractivity contribution < 1.29 is 9.21 Å². The molecule has 0 aliphatic rings. The van der Waals surface area contributed by atoms with E-state index in [1.165, 1.54) is 0 Å². The lowest BCUT2D eigenvalue weighted by atomic mass is 10.2. The van der Waals surface area contributed by atoms with Crippen molar-refractivity contribution in [3.05, 3.63) is 36.1 Å². The Morgan fingerprint density at radius 2 is 2.22 bits per heavy atom. The molecule has 3 nitrogen and oxygen atoms in total.